The van der Waals surface area contributed by atoms with Crippen molar-refractivity contribution in [2.45, 2.75) is 44.8 Å². The van der Waals surface area contributed by atoms with Crippen LogP contribution in [-0.2, 0) is 4.79 Å². The molecular weight excluding hydrogens is 444 g/mol. The summed E-state index contributed by atoms with van der Waals surface area (Å²) >= 11 is 6.17. The van der Waals surface area contributed by atoms with Crippen LogP contribution >= 0.6 is 11.6 Å². The van der Waals surface area contributed by atoms with E-state index >= 15 is 0 Å². The first kappa shape index (κ1) is 21.6. The maximum absolute atomic E-state index is 13.2. The molecule has 8 heteroatoms. The third-order valence-corrected chi connectivity index (χ3v) is 7.33. The number of piperidine rings is 1. The molecule has 1 atom stereocenters. The van der Waals surface area contributed by atoms with Gasteiger partial charge in [0.15, 0.2) is 5.78 Å². The molecule has 0 bridgehead atoms. The predicted molar refractivity (Wildman–Crippen MR) is 121 cm³/mol. The summed E-state index contributed by atoms with van der Waals surface area (Å²) in [7, 11) is 0. The Bertz CT molecular complexity index is 1180. The molecule has 1 spiro atoms. The van der Waals surface area contributed by atoms with Crippen molar-refractivity contribution in [3.05, 3.63) is 63.7 Å². The number of amides is 3. The van der Waals surface area contributed by atoms with E-state index in [1.54, 1.807) is 48.2 Å². The first-order valence-corrected chi connectivity index (χ1v) is 11.4. The number of Topliss-reactive ketones (excluding diaryl/α,β-unsaturated/α-hetero) is 1. The van der Waals surface area contributed by atoms with Gasteiger partial charge >= 0.3 is 0 Å². The Balaban J connectivity index is 1.29. The normalized spacial score (nSPS) is 19.9. The van der Waals surface area contributed by atoms with E-state index in [0.717, 1.165) is 10.5 Å². The van der Waals surface area contributed by atoms with Crippen molar-refractivity contribution in [2.75, 3.05) is 13.1 Å². The van der Waals surface area contributed by atoms with Crippen molar-refractivity contribution in [3.63, 3.8) is 0 Å². The Kier molecular flexibility index (Phi) is 5.05. The molecule has 1 fully saturated rings. The lowest BCUT2D eigenvalue weighted by Gasteiger charge is -2.44. The number of hydrogen-bond donors (Lipinski definition) is 0. The minimum Gasteiger partial charge on any atom is -0.486 e. The molecule has 3 aliphatic heterocycles. The van der Waals surface area contributed by atoms with Crippen LogP contribution in [0.25, 0.3) is 0 Å². The van der Waals surface area contributed by atoms with Gasteiger partial charge in [0.05, 0.1) is 23.1 Å². The number of ketones is 1. The predicted octanol–water partition coefficient (Wildman–Crippen LogP) is 3.66. The van der Waals surface area contributed by atoms with Crippen LogP contribution < -0.4 is 4.74 Å². The SMILES string of the molecule is Cc1cc2c(cc1Cl)C(=O)CC1(CCN(C(=O)C(C)N3C(=O)c4ccccc4C3=O)CC1)O2. The maximum Gasteiger partial charge on any atom is 0.262 e. The Morgan fingerprint density at radius 1 is 1.03 bits per heavy atom. The van der Waals surface area contributed by atoms with Crippen molar-refractivity contribution in [2.24, 2.45) is 0 Å². The summed E-state index contributed by atoms with van der Waals surface area (Å²) < 4.78 is 6.30. The molecule has 0 radical (unpaired) electrons. The van der Waals surface area contributed by atoms with Crippen LogP contribution in [0, 0.1) is 6.92 Å². The van der Waals surface area contributed by atoms with Gasteiger partial charge in [-0.05, 0) is 43.7 Å². The highest BCUT2D eigenvalue weighted by atomic mass is 35.5. The molecule has 2 aromatic rings. The van der Waals surface area contributed by atoms with E-state index in [2.05, 4.69) is 0 Å². The highest BCUT2D eigenvalue weighted by molar-refractivity contribution is 6.32. The fraction of sp³-hybridized carbons (Fsp3) is 0.360. The van der Waals surface area contributed by atoms with E-state index < -0.39 is 23.5 Å². The van der Waals surface area contributed by atoms with Gasteiger partial charge in [-0.1, -0.05) is 23.7 Å². The number of nitrogens with zero attached hydrogens (tertiary/aromatic N) is 2. The van der Waals surface area contributed by atoms with Crippen molar-refractivity contribution >= 4 is 35.1 Å². The Labute approximate surface area is 196 Å². The van der Waals surface area contributed by atoms with E-state index in [4.69, 9.17) is 16.3 Å². The third-order valence-electron chi connectivity index (χ3n) is 6.93. The molecule has 7 nitrogen and oxygen atoms in total. The summed E-state index contributed by atoms with van der Waals surface area (Å²) in [4.78, 5) is 54.2. The van der Waals surface area contributed by atoms with Crippen LogP contribution in [0.4, 0.5) is 0 Å². The second kappa shape index (κ2) is 7.70. The number of benzene rings is 2. The fourth-order valence-corrected chi connectivity index (χ4v) is 5.13. The van der Waals surface area contributed by atoms with Gasteiger partial charge < -0.3 is 9.64 Å². The molecule has 1 unspecified atom stereocenters. The van der Waals surface area contributed by atoms with Crippen molar-refractivity contribution in [3.8, 4) is 5.75 Å². The fourth-order valence-electron chi connectivity index (χ4n) is 4.96. The molecule has 3 aliphatic rings. The molecule has 0 N–H and O–H groups in total. The Hall–Kier alpha value is -3.19. The number of carbonyl (C=O) groups is 4. The van der Waals surface area contributed by atoms with Gasteiger partial charge in [-0.15, -0.1) is 0 Å². The summed E-state index contributed by atoms with van der Waals surface area (Å²) in [6.07, 6.45) is 1.20. The number of aryl methyl sites for hydroxylation is 1. The van der Waals surface area contributed by atoms with Crippen LogP contribution in [0.1, 0.15) is 62.8 Å². The lowest BCUT2D eigenvalue weighted by atomic mass is 9.82. The summed E-state index contributed by atoms with van der Waals surface area (Å²) in [6.45, 7) is 4.19. The number of imide groups is 1. The largest absolute Gasteiger partial charge is 0.486 e. The second-order valence-electron chi connectivity index (χ2n) is 9.01. The summed E-state index contributed by atoms with van der Waals surface area (Å²) in [5, 5.41) is 0.532. The molecule has 0 aromatic heterocycles. The van der Waals surface area contributed by atoms with Crippen molar-refractivity contribution < 1.29 is 23.9 Å². The highest BCUT2D eigenvalue weighted by Gasteiger charge is 2.46. The average molecular weight is 467 g/mol. The number of rotatable bonds is 2. The second-order valence-corrected chi connectivity index (χ2v) is 9.42. The molecule has 1 saturated heterocycles. The minimum absolute atomic E-state index is 0.0164. The quantitative estimate of drug-likeness (QED) is 0.631. The van der Waals surface area contributed by atoms with E-state index in [-0.39, 0.29) is 18.1 Å². The highest BCUT2D eigenvalue weighted by Crippen LogP contribution is 2.41. The molecule has 0 aliphatic carbocycles. The molecule has 5 rings (SSSR count). The van der Waals surface area contributed by atoms with Crippen molar-refractivity contribution in [1.82, 2.24) is 9.80 Å². The van der Waals surface area contributed by atoms with Gasteiger partial charge in [-0.3, -0.25) is 24.1 Å². The lowest BCUT2D eigenvalue weighted by molar-refractivity contribution is -0.138. The van der Waals surface area contributed by atoms with Crippen LogP contribution in [0.2, 0.25) is 5.02 Å². The van der Waals surface area contributed by atoms with Gasteiger partial charge in [0, 0.05) is 31.0 Å². The maximum atomic E-state index is 13.2. The number of fused-ring (bicyclic) bond motifs is 2. The molecule has 3 heterocycles. The monoisotopic (exact) mass is 466 g/mol. The van der Waals surface area contributed by atoms with Crippen LogP contribution in [-0.4, -0.2) is 58.0 Å². The zero-order valence-corrected chi connectivity index (χ0v) is 19.1. The van der Waals surface area contributed by atoms with Gasteiger partial charge in [0.1, 0.15) is 17.4 Å². The molecule has 3 amide bonds. The molecule has 2 aromatic carbocycles. The number of carbonyl (C=O) groups excluding carboxylic acids is 4. The Morgan fingerprint density at radius 2 is 1.64 bits per heavy atom. The summed E-state index contributed by atoms with van der Waals surface area (Å²) in [5.41, 5.74) is 1.31. The van der Waals surface area contributed by atoms with Crippen LogP contribution in [0.5, 0.6) is 5.75 Å². The van der Waals surface area contributed by atoms with E-state index in [9.17, 15) is 19.2 Å². The molecule has 33 heavy (non-hydrogen) atoms. The van der Waals surface area contributed by atoms with Crippen molar-refractivity contribution in [1.29, 1.82) is 0 Å². The summed E-state index contributed by atoms with van der Waals surface area (Å²) in [6, 6.07) is 9.13. The lowest BCUT2D eigenvalue weighted by Crippen LogP contribution is -2.56. The average Bonchev–Trinajstić information content (AvgIpc) is 3.05. The first-order chi connectivity index (χ1) is 15.7. The number of likely N-dealkylation sites (tertiary alicyclic amines) is 1. The Morgan fingerprint density at radius 3 is 2.24 bits per heavy atom. The zero-order valence-electron chi connectivity index (χ0n) is 18.4. The smallest absolute Gasteiger partial charge is 0.262 e. The van der Waals surface area contributed by atoms with E-state index in [1.165, 1.54) is 0 Å². The topological polar surface area (TPSA) is 84.0 Å². The van der Waals surface area contributed by atoms with Crippen LogP contribution in [0.15, 0.2) is 36.4 Å². The molecule has 0 saturated carbocycles. The first-order valence-electron chi connectivity index (χ1n) is 11.0. The van der Waals surface area contributed by atoms with Gasteiger partial charge in [0.25, 0.3) is 11.8 Å². The number of halogens is 1. The molecular formula is C25H23ClN2O5. The van der Waals surface area contributed by atoms with Crippen LogP contribution in [0.3, 0.4) is 0 Å². The minimum atomic E-state index is -0.911. The summed E-state index contributed by atoms with van der Waals surface area (Å²) in [5.74, 6) is -0.664. The van der Waals surface area contributed by atoms with E-state index in [1.807, 2.05) is 6.92 Å². The van der Waals surface area contributed by atoms with Gasteiger partial charge in [-0.25, -0.2) is 0 Å². The van der Waals surface area contributed by atoms with Gasteiger partial charge in [-0.2, -0.15) is 0 Å². The van der Waals surface area contributed by atoms with E-state index in [0.29, 0.717) is 53.4 Å². The standard InChI is InChI=1S/C25H23ClN2O5/c1-14-11-21-18(12-19(14)26)20(29)13-25(33-21)7-9-27(10-8-25)22(30)15(2)28-23(31)16-5-3-4-6-17(16)24(28)32/h3-6,11-12,15H,7-10,13H2,1-2H3. The number of hydrogen-bond acceptors (Lipinski definition) is 5. The number of ether oxygens (including phenoxy) is 1. The zero-order chi connectivity index (χ0) is 23.5. The van der Waals surface area contributed by atoms with Gasteiger partial charge in [0.2, 0.25) is 5.91 Å². The third kappa shape index (κ3) is 3.42. The molecule has 170 valence electrons.